The summed E-state index contributed by atoms with van der Waals surface area (Å²) in [7, 11) is 0. The van der Waals surface area contributed by atoms with Gasteiger partial charge in [-0.3, -0.25) is 0 Å². The fourth-order valence-electron chi connectivity index (χ4n) is 2.28. The van der Waals surface area contributed by atoms with Crippen LogP contribution in [-0.4, -0.2) is 24.2 Å². The topological polar surface area (TPSA) is 34.2 Å². The number of hydrogen-bond donors (Lipinski definition) is 1. The molecule has 1 N–H and O–H groups in total. The van der Waals surface area contributed by atoms with Gasteiger partial charge < -0.3 is 10.1 Å². The second kappa shape index (κ2) is 7.10. The number of ether oxygens (including phenoxy) is 1. The maximum atomic E-state index is 5.86. The largest absolute Gasteiger partial charge is 0.376 e. The first-order valence-electron chi connectivity index (χ1n) is 6.74. The van der Waals surface area contributed by atoms with E-state index in [4.69, 9.17) is 4.74 Å². The Balaban J connectivity index is 1.66. The minimum absolute atomic E-state index is 0.486. The molecule has 0 amide bonds. The fraction of sp³-hybridized carbons (Fsp3) is 0.643. The van der Waals surface area contributed by atoms with Crippen molar-refractivity contribution in [3.8, 4) is 0 Å². The average Bonchev–Trinajstić information content (AvgIpc) is 2.40. The monoisotopic (exact) mass is 312 g/mol. The van der Waals surface area contributed by atoms with Gasteiger partial charge in [-0.25, -0.2) is 4.98 Å². The molecular weight excluding hydrogens is 292 g/mol. The summed E-state index contributed by atoms with van der Waals surface area (Å²) >= 11 is 3.45. The molecule has 0 aromatic carbocycles. The normalized spacial score (nSPS) is 16.8. The van der Waals surface area contributed by atoms with Gasteiger partial charge in [0.25, 0.3) is 0 Å². The number of aryl methyl sites for hydroxylation is 1. The van der Waals surface area contributed by atoms with Crippen LogP contribution < -0.4 is 5.32 Å². The van der Waals surface area contributed by atoms with Crippen LogP contribution in [0, 0.1) is 6.92 Å². The molecule has 1 aliphatic carbocycles. The molecule has 1 saturated carbocycles. The molecule has 18 heavy (non-hydrogen) atoms. The van der Waals surface area contributed by atoms with Crippen molar-refractivity contribution in [2.24, 2.45) is 0 Å². The van der Waals surface area contributed by atoms with Crippen LogP contribution >= 0.6 is 15.9 Å². The van der Waals surface area contributed by atoms with E-state index in [2.05, 4.69) is 26.2 Å². The molecule has 0 spiro atoms. The fourth-order valence-corrected chi connectivity index (χ4v) is 2.50. The Hall–Kier alpha value is -0.610. The number of rotatable bonds is 5. The molecular formula is C14H21BrN2O. The molecule has 0 atom stereocenters. The highest BCUT2D eigenvalue weighted by atomic mass is 79.9. The summed E-state index contributed by atoms with van der Waals surface area (Å²) in [6.45, 7) is 3.58. The van der Waals surface area contributed by atoms with Gasteiger partial charge in [-0.15, -0.1) is 0 Å². The van der Waals surface area contributed by atoms with E-state index in [1.165, 1.54) is 32.1 Å². The zero-order valence-corrected chi connectivity index (χ0v) is 12.5. The molecule has 1 fully saturated rings. The Morgan fingerprint density at radius 1 is 1.33 bits per heavy atom. The molecule has 0 aliphatic heterocycles. The molecule has 1 aromatic rings. The predicted octanol–water partition coefficient (Wildman–Crippen LogP) is 3.91. The lowest BCUT2D eigenvalue weighted by Crippen LogP contribution is -2.20. The summed E-state index contributed by atoms with van der Waals surface area (Å²) in [4.78, 5) is 4.44. The number of nitrogens with one attached hydrogen (secondary N) is 1. The lowest BCUT2D eigenvalue weighted by molar-refractivity contribution is 0.0347. The van der Waals surface area contributed by atoms with E-state index in [1.807, 2.05) is 19.1 Å². The van der Waals surface area contributed by atoms with Crippen LogP contribution in [0.4, 0.5) is 5.82 Å². The first-order valence-corrected chi connectivity index (χ1v) is 7.53. The molecule has 1 heterocycles. The molecule has 1 aromatic heterocycles. The molecule has 2 rings (SSSR count). The molecule has 0 radical (unpaired) electrons. The van der Waals surface area contributed by atoms with E-state index >= 15 is 0 Å². The molecule has 3 nitrogen and oxygen atoms in total. The number of halogens is 1. The standard InChI is InChI=1S/C14H21BrN2O/c1-11-13(15)7-8-14(17-11)16-9-10-18-12-5-3-2-4-6-12/h7-8,12H,2-6,9-10H2,1H3,(H,16,17). The van der Waals surface area contributed by atoms with Crippen LogP contribution in [-0.2, 0) is 4.74 Å². The summed E-state index contributed by atoms with van der Waals surface area (Å²) in [6, 6.07) is 4.00. The van der Waals surface area contributed by atoms with Gasteiger partial charge in [-0.2, -0.15) is 0 Å². The Morgan fingerprint density at radius 2 is 2.11 bits per heavy atom. The second-order valence-electron chi connectivity index (χ2n) is 4.82. The van der Waals surface area contributed by atoms with Gasteiger partial charge in [0.15, 0.2) is 0 Å². The van der Waals surface area contributed by atoms with Crippen molar-refractivity contribution in [1.29, 1.82) is 0 Å². The first kappa shape index (κ1) is 13.8. The third kappa shape index (κ3) is 4.25. The molecule has 0 saturated heterocycles. The molecule has 1 aliphatic rings. The molecule has 0 unspecified atom stereocenters. The number of hydrogen-bond acceptors (Lipinski definition) is 3. The van der Waals surface area contributed by atoms with Crippen molar-refractivity contribution >= 4 is 21.7 Å². The van der Waals surface area contributed by atoms with E-state index in [1.54, 1.807) is 0 Å². The average molecular weight is 313 g/mol. The smallest absolute Gasteiger partial charge is 0.126 e. The zero-order chi connectivity index (χ0) is 12.8. The third-order valence-corrected chi connectivity index (χ3v) is 4.17. The van der Waals surface area contributed by atoms with Crippen molar-refractivity contribution in [3.63, 3.8) is 0 Å². The van der Waals surface area contributed by atoms with Crippen LogP contribution in [0.25, 0.3) is 0 Å². The van der Waals surface area contributed by atoms with Crippen LogP contribution in [0.3, 0.4) is 0 Å². The van der Waals surface area contributed by atoms with E-state index < -0.39 is 0 Å². The SMILES string of the molecule is Cc1nc(NCCOC2CCCCC2)ccc1Br. The van der Waals surface area contributed by atoms with Crippen LogP contribution in [0.1, 0.15) is 37.8 Å². The molecule has 0 bridgehead atoms. The van der Waals surface area contributed by atoms with Gasteiger partial charge in [-0.05, 0) is 47.8 Å². The summed E-state index contributed by atoms with van der Waals surface area (Å²) in [6.07, 6.45) is 6.97. The van der Waals surface area contributed by atoms with Crippen molar-refractivity contribution in [1.82, 2.24) is 4.98 Å². The Labute approximate surface area is 117 Å². The third-order valence-electron chi connectivity index (χ3n) is 3.34. The van der Waals surface area contributed by atoms with Crippen molar-refractivity contribution in [2.45, 2.75) is 45.1 Å². The van der Waals surface area contributed by atoms with Gasteiger partial charge in [0, 0.05) is 11.0 Å². The lowest BCUT2D eigenvalue weighted by atomic mass is 9.98. The maximum Gasteiger partial charge on any atom is 0.126 e. The van der Waals surface area contributed by atoms with Crippen LogP contribution in [0.2, 0.25) is 0 Å². The summed E-state index contributed by atoms with van der Waals surface area (Å²) in [5.41, 5.74) is 1.01. The second-order valence-corrected chi connectivity index (χ2v) is 5.68. The van der Waals surface area contributed by atoms with Gasteiger partial charge >= 0.3 is 0 Å². The highest BCUT2D eigenvalue weighted by Crippen LogP contribution is 2.20. The van der Waals surface area contributed by atoms with Gasteiger partial charge in [0.2, 0.25) is 0 Å². The highest BCUT2D eigenvalue weighted by Gasteiger charge is 2.12. The van der Waals surface area contributed by atoms with E-state index in [-0.39, 0.29) is 0 Å². The first-order chi connectivity index (χ1) is 8.75. The Morgan fingerprint density at radius 3 is 2.83 bits per heavy atom. The molecule has 4 heteroatoms. The summed E-state index contributed by atoms with van der Waals surface area (Å²) < 4.78 is 6.91. The molecule has 100 valence electrons. The Kier molecular flexibility index (Phi) is 5.45. The summed E-state index contributed by atoms with van der Waals surface area (Å²) in [5.74, 6) is 0.919. The summed E-state index contributed by atoms with van der Waals surface area (Å²) in [5, 5.41) is 3.30. The number of aromatic nitrogens is 1. The zero-order valence-electron chi connectivity index (χ0n) is 10.9. The quantitative estimate of drug-likeness (QED) is 0.837. The number of pyridine rings is 1. The van der Waals surface area contributed by atoms with Crippen molar-refractivity contribution in [3.05, 3.63) is 22.3 Å². The van der Waals surface area contributed by atoms with Crippen LogP contribution in [0.5, 0.6) is 0 Å². The van der Waals surface area contributed by atoms with E-state index in [0.717, 1.165) is 29.1 Å². The van der Waals surface area contributed by atoms with E-state index in [0.29, 0.717) is 6.10 Å². The van der Waals surface area contributed by atoms with Gasteiger partial charge in [-0.1, -0.05) is 19.3 Å². The maximum absolute atomic E-state index is 5.86. The van der Waals surface area contributed by atoms with Crippen molar-refractivity contribution < 1.29 is 4.74 Å². The van der Waals surface area contributed by atoms with E-state index in [9.17, 15) is 0 Å². The van der Waals surface area contributed by atoms with Crippen LogP contribution in [0.15, 0.2) is 16.6 Å². The minimum atomic E-state index is 0.486. The Bertz CT molecular complexity index is 378. The lowest BCUT2D eigenvalue weighted by Gasteiger charge is -2.22. The van der Waals surface area contributed by atoms with Gasteiger partial charge in [0.05, 0.1) is 18.4 Å². The number of nitrogens with zero attached hydrogens (tertiary/aromatic N) is 1. The minimum Gasteiger partial charge on any atom is -0.376 e. The number of anilines is 1. The van der Waals surface area contributed by atoms with Crippen molar-refractivity contribution in [2.75, 3.05) is 18.5 Å². The predicted molar refractivity (Wildman–Crippen MR) is 78.0 cm³/mol. The van der Waals surface area contributed by atoms with Gasteiger partial charge in [0.1, 0.15) is 5.82 Å². The highest BCUT2D eigenvalue weighted by molar-refractivity contribution is 9.10.